The van der Waals surface area contributed by atoms with Crippen molar-refractivity contribution in [3.63, 3.8) is 0 Å². The van der Waals surface area contributed by atoms with Gasteiger partial charge < -0.3 is 10.1 Å². The molecule has 1 aromatic rings. The first-order valence-corrected chi connectivity index (χ1v) is 4.57. The van der Waals surface area contributed by atoms with E-state index < -0.39 is 0 Å². The van der Waals surface area contributed by atoms with Crippen molar-refractivity contribution in [2.24, 2.45) is 0 Å². The zero-order valence-electron chi connectivity index (χ0n) is 8.29. The molecule has 0 heterocycles. The van der Waals surface area contributed by atoms with E-state index in [1.54, 1.807) is 0 Å². The molecule has 0 unspecified atom stereocenters. The molecule has 2 heteroatoms. The number of benzene rings is 1. The molecule has 1 rings (SSSR count). The Morgan fingerprint density at radius 2 is 1.77 bits per heavy atom. The normalized spacial score (nSPS) is 8.15. The van der Waals surface area contributed by atoms with Crippen LogP contribution in [0.1, 0.15) is 20.3 Å². The Hall–Kier alpha value is -1.31. The Kier molecular flexibility index (Phi) is 7.90. The molecule has 0 bridgehead atoms. The highest BCUT2D eigenvalue weighted by molar-refractivity contribution is 5.48. The van der Waals surface area contributed by atoms with Gasteiger partial charge in [-0.3, -0.25) is 0 Å². The summed E-state index contributed by atoms with van der Waals surface area (Å²) in [6.45, 7) is 4.89. The molecule has 0 aliphatic heterocycles. The average molecular weight is 179 g/mol. The lowest BCUT2D eigenvalue weighted by atomic mass is 10.3. The lowest BCUT2D eigenvalue weighted by molar-refractivity contribution is -0.107. The molecule has 0 aromatic heterocycles. The minimum Gasteiger partial charge on any atom is -0.385 e. The molecule has 0 aliphatic carbocycles. The minimum absolute atomic E-state index is 0.639. The van der Waals surface area contributed by atoms with Crippen molar-refractivity contribution in [2.75, 3.05) is 11.9 Å². The van der Waals surface area contributed by atoms with Crippen LogP contribution in [0.5, 0.6) is 0 Å². The van der Waals surface area contributed by atoms with Crippen LogP contribution in [0.4, 0.5) is 5.69 Å². The predicted octanol–water partition coefficient (Wildman–Crippen LogP) is 2.71. The fourth-order valence-electron chi connectivity index (χ4n) is 0.760. The monoisotopic (exact) mass is 179 g/mol. The number of rotatable bonds is 3. The third kappa shape index (κ3) is 7.06. The summed E-state index contributed by atoms with van der Waals surface area (Å²) in [6.07, 6.45) is 1.51. The van der Waals surface area contributed by atoms with Gasteiger partial charge in [0.1, 0.15) is 6.29 Å². The van der Waals surface area contributed by atoms with E-state index in [4.69, 9.17) is 0 Å². The van der Waals surface area contributed by atoms with Crippen LogP contribution in [0.2, 0.25) is 0 Å². The van der Waals surface area contributed by atoms with E-state index in [2.05, 4.69) is 24.4 Å². The van der Waals surface area contributed by atoms with Gasteiger partial charge in [0.05, 0.1) is 0 Å². The average Bonchev–Trinajstić information content (AvgIpc) is 2.20. The fraction of sp³-hybridized carbons (Fsp3) is 0.364. The van der Waals surface area contributed by atoms with Crippen molar-refractivity contribution in [1.29, 1.82) is 0 Å². The molecule has 0 spiro atoms. The second-order valence-corrected chi connectivity index (χ2v) is 2.47. The van der Waals surface area contributed by atoms with Crippen molar-refractivity contribution in [3.05, 3.63) is 30.3 Å². The lowest BCUT2D eigenvalue weighted by Crippen LogP contribution is -1.94. The largest absolute Gasteiger partial charge is 0.385 e. The molecule has 1 aromatic carbocycles. The number of para-hydroxylation sites is 1. The van der Waals surface area contributed by atoms with Gasteiger partial charge in [0.25, 0.3) is 0 Å². The molecule has 0 saturated carbocycles. The quantitative estimate of drug-likeness (QED) is 0.723. The van der Waals surface area contributed by atoms with Crippen LogP contribution in [-0.4, -0.2) is 12.8 Å². The van der Waals surface area contributed by atoms with E-state index in [1.807, 2.05) is 25.1 Å². The Labute approximate surface area is 80.0 Å². The molecule has 0 atom stereocenters. The van der Waals surface area contributed by atoms with Crippen LogP contribution in [0, 0.1) is 0 Å². The van der Waals surface area contributed by atoms with Gasteiger partial charge in [-0.2, -0.15) is 0 Å². The Bertz CT molecular complexity index is 209. The highest BCUT2D eigenvalue weighted by atomic mass is 16.1. The van der Waals surface area contributed by atoms with Crippen molar-refractivity contribution < 1.29 is 4.79 Å². The standard InChI is InChI=1S/C8H11N.C3H6O/c1-2-9-8-6-4-3-5-7-8;1-2-3-4/h3-7,9H,2H2,1H3;3H,2H2,1H3. The predicted molar refractivity (Wildman–Crippen MR) is 57.0 cm³/mol. The van der Waals surface area contributed by atoms with Gasteiger partial charge in [0.2, 0.25) is 0 Å². The number of anilines is 1. The van der Waals surface area contributed by atoms with Crippen molar-refractivity contribution in [1.82, 2.24) is 0 Å². The van der Waals surface area contributed by atoms with Gasteiger partial charge >= 0.3 is 0 Å². The van der Waals surface area contributed by atoms with E-state index in [0.29, 0.717) is 6.42 Å². The van der Waals surface area contributed by atoms with E-state index in [-0.39, 0.29) is 0 Å². The Balaban J connectivity index is 0.000000310. The van der Waals surface area contributed by atoms with E-state index in [9.17, 15) is 4.79 Å². The van der Waals surface area contributed by atoms with E-state index in [0.717, 1.165) is 12.8 Å². The van der Waals surface area contributed by atoms with Crippen LogP contribution in [-0.2, 0) is 4.79 Å². The molecular weight excluding hydrogens is 162 g/mol. The van der Waals surface area contributed by atoms with Crippen LogP contribution < -0.4 is 5.32 Å². The molecule has 13 heavy (non-hydrogen) atoms. The number of carbonyl (C=O) groups excluding carboxylic acids is 1. The molecule has 0 amide bonds. The smallest absolute Gasteiger partial charge is 0.119 e. The van der Waals surface area contributed by atoms with Crippen LogP contribution >= 0.6 is 0 Å². The molecule has 1 N–H and O–H groups in total. The topological polar surface area (TPSA) is 29.1 Å². The third-order valence-corrected chi connectivity index (χ3v) is 1.32. The van der Waals surface area contributed by atoms with Gasteiger partial charge in [-0.05, 0) is 19.1 Å². The van der Waals surface area contributed by atoms with Gasteiger partial charge in [0, 0.05) is 18.7 Å². The molecular formula is C11H17NO. The summed E-state index contributed by atoms with van der Waals surface area (Å²) < 4.78 is 0. The summed E-state index contributed by atoms with van der Waals surface area (Å²) in [5.74, 6) is 0. The summed E-state index contributed by atoms with van der Waals surface area (Å²) in [4.78, 5) is 9.17. The molecule has 0 radical (unpaired) electrons. The van der Waals surface area contributed by atoms with Crippen LogP contribution in [0.3, 0.4) is 0 Å². The first kappa shape index (κ1) is 11.7. The Morgan fingerprint density at radius 1 is 1.23 bits per heavy atom. The van der Waals surface area contributed by atoms with Crippen LogP contribution in [0.15, 0.2) is 30.3 Å². The molecule has 0 fully saturated rings. The number of aldehydes is 1. The highest BCUT2D eigenvalue weighted by Crippen LogP contribution is 2.02. The van der Waals surface area contributed by atoms with Gasteiger partial charge in [-0.15, -0.1) is 0 Å². The summed E-state index contributed by atoms with van der Waals surface area (Å²) in [5, 5.41) is 3.21. The molecule has 2 nitrogen and oxygen atoms in total. The SMILES string of the molecule is CCC=O.CCNc1ccccc1. The maximum absolute atomic E-state index is 9.17. The van der Waals surface area contributed by atoms with Crippen molar-refractivity contribution >= 4 is 12.0 Å². The highest BCUT2D eigenvalue weighted by Gasteiger charge is 1.81. The minimum atomic E-state index is 0.639. The number of hydrogen-bond acceptors (Lipinski definition) is 2. The van der Waals surface area contributed by atoms with Crippen molar-refractivity contribution in [2.45, 2.75) is 20.3 Å². The summed E-state index contributed by atoms with van der Waals surface area (Å²) in [6, 6.07) is 10.2. The number of carbonyl (C=O) groups is 1. The fourth-order valence-corrected chi connectivity index (χ4v) is 0.760. The second kappa shape index (κ2) is 8.78. The Morgan fingerprint density at radius 3 is 2.15 bits per heavy atom. The maximum atomic E-state index is 9.17. The summed E-state index contributed by atoms with van der Waals surface area (Å²) in [7, 11) is 0. The second-order valence-electron chi connectivity index (χ2n) is 2.47. The number of nitrogens with one attached hydrogen (secondary N) is 1. The number of hydrogen-bond donors (Lipinski definition) is 1. The summed E-state index contributed by atoms with van der Waals surface area (Å²) >= 11 is 0. The summed E-state index contributed by atoms with van der Waals surface area (Å²) in [5.41, 5.74) is 1.19. The van der Waals surface area contributed by atoms with Crippen LogP contribution in [0.25, 0.3) is 0 Å². The third-order valence-electron chi connectivity index (χ3n) is 1.32. The molecule has 0 saturated heterocycles. The first-order chi connectivity index (χ1) is 6.35. The van der Waals surface area contributed by atoms with E-state index >= 15 is 0 Å². The van der Waals surface area contributed by atoms with E-state index in [1.165, 1.54) is 5.69 Å². The zero-order valence-corrected chi connectivity index (χ0v) is 8.29. The molecule has 72 valence electrons. The molecule has 0 aliphatic rings. The zero-order chi connectivity index (χ0) is 9.94. The van der Waals surface area contributed by atoms with Gasteiger partial charge in [0.15, 0.2) is 0 Å². The first-order valence-electron chi connectivity index (χ1n) is 4.57. The van der Waals surface area contributed by atoms with Gasteiger partial charge in [-0.25, -0.2) is 0 Å². The maximum Gasteiger partial charge on any atom is 0.119 e. The lowest BCUT2D eigenvalue weighted by Gasteiger charge is -1.99. The van der Waals surface area contributed by atoms with Gasteiger partial charge in [-0.1, -0.05) is 25.1 Å². The van der Waals surface area contributed by atoms with Crippen molar-refractivity contribution in [3.8, 4) is 0 Å².